The van der Waals surface area contributed by atoms with Crippen LogP contribution in [0.4, 0.5) is 0 Å². The summed E-state index contributed by atoms with van der Waals surface area (Å²) in [5.41, 5.74) is 0. The molecule has 0 aliphatic carbocycles. The number of aliphatic hydroxyl groups excluding tert-OH is 6. The van der Waals surface area contributed by atoms with Crippen molar-refractivity contribution in [3.05, 3.63) is 24.3 Å². The average molecular weight is 854 g/mol. The fourth-order valence-electron chi connectivity index (χ4n) is 7.98. The minimum absolute atomic E-state index is 0.304. The van der Waals surface area contributed by atoms with E-state index >= 15 is 0 Å². The van der Waals surface area contributed by atoms with Gasteiger partial charge in [0.05, 0.1) is 25.4 Å². The highest BCUT2D eigenvalue weighted by Gasteiger charge is 2.44. The Morgan fingerprint density at radius 3 is 1.40 bits per heavy atom. The Labute approximate surface area is 367 Å². The molecule has 8 unspecified atom stereocenters. The molecule has 10 heteroatoms. The molecule has 1 aliphatic rings. The molecule has 8 atom stereocenters. The van der Waals surface area contributed by atoms with Crippen LogP contribution in [0.25, 0.3) is 0 Å². The van der Waals surface area contributed by atoms with E-state index in [4.69, 9.17) is 9.47 Å². The predicted molar refractivity (Wildman–Crippen MR) is 246 cm³/mol. The maximum Gasteiger partial charge on any atom is 0.249 e. The number of carbonyl (C=O) groups excluding carboxylic acids is 1. The van der Waals surface area contributed by atoms with Gasteiger partial charge < -0.3 is 45.4 Å². The molecule has 10 nitrogen and oxygen atoms in total. The van der Waals surface area contributed by atoms with Gasteiger partial charge in [-0.15, -0.1) is 0 Å². The Morgan fingerprint density at radius 2 is 0.967 bits per heavy atom. The van der Waals surface area contributed by atoms with E-state index < -0.39 is 61.5 Å². The summed E-state index contributed by atoms with van der Waals surface area (Å²) in [4.78, 5) is 13.1. The molecule has 0 aromatic rings. The molecule has 1 heterocycles. The number of rotatable bonds is 42. The van der Waals surface area contributed by atoms with Crippen molar-refractivity contribution in [1.82, 2.24) is 5.32 Å². The topological polar surface area (TPSA) is 169 Å². The Hall–Kier alpha value is -1.37. The fourth-order valence-corrected chi connectivity index (χ4v) is 7.98. The van der Waals surface area contributed by atoms with Crippen molar-refractivity contribution in [3.8, 4) is 0 Å². The summed E-state index contributed by atoms with van der Waals surface area (Å²) in [5, 5.41) is 64.8. The highest BCUT2D eigenvalue weighted by molar-refractivity contribution is 5.80. The van der Waals surface area contributed by atoms with Crippen molar-refractivity contribution in [2.45, 2.75) is 275 Å². The molecular weight excluding hydrogens is 759 g/mol. The van der Waals surface area contributed by atoms with Gasteiger partial charge in [0.2, 0.25) is 5.91 Å². The zero-order chi connectivity index (χ0) is 43.9. The summed E-state index contributed by atoms with van der Waals surface area (Å²) in [6.45, 7) is 3.62. The monoisotopic (exact) mass is 854 g/mol. The van der Waals surface area contributed by atoms with Crippen LogP contribution in [0, 0.1) is 0 Å². The van der Waals surface area contributed by atoms with Crippen molar-refractivity contribution in [3.63, 3.8) is 0 Å². The van der Waals surface area contributed by atoms with E-state index in [0.717, 1.165) is 44.9 Å². The van der Waals surface area contributed by atoms with E-state index in [9.17, 15) is 35.4 Å². The third kappa shape index (κ3) is 29.8. The molecule has 354 valence electrons. The maximum atomic E-state index is 13.1. The van der Waals surface area contributed by atoms with Crippen LogP contribution in [-0.2, 0) is 14.3 Å². The highest BCUT2D eigenvalue weighted by Crippen LogP contribution is 2.23. The lowest BCUT2D eigenvalue weighted by Crippen LogP contribution is -2.60. The number of ether oxygens (including phenoxy) is 2. The standard InChI is InChI=1S/C50H95NO9/c1-3-5-7-9-11-13-15-17-19-21-22-23-25-27-29-31-33-35-37-39-44(54)49(58)51-42(41-59-50-48(57)47(56)46(55)45(40-52)60-50)43(53)38-36-34-32-30-28-26-24-20-18-16-14-12-10-8-6-4-2/h22-23,36,38,42-48,50,52-57H,3-21,24-35,37,39-41H2,1-2H3,(H,51,58)/b23-22-,38-36+. The van der Waals surface area contributed by atoms with Crippen molar-refractivity contribution in [1.29, 1.82) is 0 Å². The number of hydrogen-bond donors (Lipinski definition) is 7. The van der Waals surface area contributed by atoms with Crippen LogP contribution in [0.15, 0.2) is 24.3 Å². The van der Waals surface area contributed by atoms with Gasteiger partial charge in [-0.3, -0.25) is 4.79 Å². The molecule has 1 amide bonds. The minimum atomic E-state index is -1.61. The Bertz CT molecular complexity index is 1010. The molecule has 1 rings (SSSR count). The highest BCUT2D eigenvalue weighted by atomic mass is 16.7. The largest absolute Gasteiger partial charge is 0.394 e. The van der Waals surface area contributed by atoms with Gasteiger partial charge in [-0.1, -0.05) is 205 Å². The fraction of sp³-hybridized carbons (Fsp3) is 0.900. The lowest BCUT2D eigenvalue weighted by molar-refractivity contribution is -0.302. The molecule has 0 spiro atoms. The summed E-state index contributed by atoms with van der Waals surface area (Å²) in [6.07, 6.45) is 38.3. The van der Waals surface area contributed by atoms with Gasteiger partial charge in [-0.25, -0.2) is 0 Å². The van der Waals surface area contributed by atoms with E-state index in [0.29, 0.717) is 12.8 Å². The van der Waals surface area contributed by atoms with Crippen LogP contribution in [0.2, 0.25) is 0 Å². The molecule has 7 N–H and O–H groups in total. The summed E-state index contributed by atoms with van der Waals surface area (Å²) >= 11 is 0. The van der Waals surface area contributed by atoms with Gasteiger partial charge in [0.15, 0.2) is 6.29 Å². The Balaban J connectivity index is 2.37. The summed E-state index contributed by atoms with van der Waals surface area (Å²) in [7, 11) is 0. The van der Waals surface area contributed by atoms with Gasteiger partial charge >= 0.3 is 0 Å². The normalized spacial score (nSPS) is 21.2. The molecule has 0 aromatic heterocycles. The zero-order valence-electron chi connectivity index (χ0n) is 38.6. The van der Waals surface area contributed by atoms with E-state index in [-0.39, 0.29) is 6.61 Å². The number of aliphatic hydroxyl groups is 6. The molecule has 60 heavy (non-hydrogen) atoms. The number of allylic oxidation sites excluding steroid dienone is 3. The summed E-state index contributed by atoms with van der Waals surface area (Å²) in [5.74, 6) is -0.619. The van der Waals surface area contributed by atoms with Crippen LogP contribution in [0.5, 0.6) is 0 Å². The molecule has 1 saturated heterocycles. The second kappa shape index (κ2) is 40.4. The van der Waals surface area contributed by atoms with Crippen LogP contribution < -0.4 is 5.32 Å². The third-order valence-corrected chi connectivity index (χ3v) is 12.1. The third-order valence-electron chi connectivity index (χ3n) is 12.1. The number of amides is 1. The smallest absolute Gasteiger partial charge is 0.249 e. The molecule has 0 radical (unpaired) electrons. The lowest BCUT2D eigenvalue weighted by atomic mass is 9.99. The van der Waals surface area contributed by atoms with Crippen LogP contribution in [-0.4, -0.2) is 98.7 Å². The molecule has 0 saturated carbocycles. The van der Waals surface area contributed by atoms with Gasteiger partial charge in [-0.05, 0) is 44.9 Å². The van der Waals surface area contributed by atoms with E-state index in [1.165, 1.54) is 154 Å². The first-order valence-corrected chi connectivity index (χ1v) is 25.2. The SMILES string of the molecule is CCCCCCCCCCC/C=C\CCCCCCCCC(O)C(=O)NC(COC1OC(CO)C(O)C(O)C1O)C(O)/C=C/CCCCCCCCCCCCCCCC. The summed E-state index contributed by atoms with van der Waals surface area (Å²) < 4.78 is 11.2. The van der Waals surface area contributed by atoms with Gasteiger partial charge in [0.1, 0.15) is 30.5 Å². The first-order chi connectivity index (χ1) is 29.3. The average Bonchev–Trinajstić information content (AvgIpc) is 3.25. The van der Waals surface area contributed by atoms with Gasteiger partial charge in [0, 0.05) is 0 Å². The van der Waals surface area contributed by atoms with Crippen LogP contribution in [0.1, 0.15) is 226 Å². The molecule has 1 aliphatic heterocycles. The second-order valence-corrected chi connectivity index (χ2v) is 17.8. The minimum Gasteiger partial charge on any atom is -0.394 e. The molecule has 0 bridgehead atoms. The number of unbranched alkanes of at least 4 members (excludes halogenated alkanes) is 29. The van der Waals surface area contributed by atoms with Crippen molar-refractivity contribution < 1.29 is 44.9 Å². The zero-order valence-corrected chi connectivity index (χ0v) is 38.6. The quantitative estimate of drug-likeness (QED) is 0.0233. The van der Waals surface area contributed by atoms with Crippen molar-refractivity contribution in [2.24, 2.45) is 0 Å². The number of carbonyl (C=O) groups is 1. The Kier molecular flexibility index (Phi) is 38.1. The first kappa shape index (κ1) is 56.6. The lowest BCUT2D eigenvalue weighted by Gasteiger charge is -2.40. The van der Waals surface area contributed by atoms with E-state index in [1.807, 2.05) is 6.08 Å². The van der Waals surface area contributed by atoms with Crippen LogP contribution >= 0.6 is 0 Å². The van der Waals surface area contributed by atoms with Gasteiger partial charge in [-0.2, -0.15) is 0 Å². The molecular formula is C50H95NO9. The number of hydrogen-bond acceptors (Lipinski definition) is 9. The van der Waals surface area contributed by atoms with Gasteiger partial charge in [0.25, 0.3) is 0 Å². The molecule has 1 fully saturated rings. The molecule has 0 aromatic carbocycles. The van der Waals surface area contributed by atoms with Crippen LogP contribution in [0.3, 0.4) is 0 Å². The Morgan fingerprint density at radius 1 is 0.567 bits per heavy atom. The van der Waals surface area contributed by atoms with E-state index in [1.54, 1.807) is 6.08 Å². The summed E-state index contributed by atoms with van der Waals surface area (Å²) in [6, 6.07) is -0.980. The number of nitrogens with one attached hydrogen (secondary N) is 1. The van der Waals surface area contributed by atoms with Crippen molar-refractivity contribution in [2.75, 3.05) is 13.2 Å². The van der Waals surface area contributed by atoms with Crippen molar-refractivity contribution >= 4 is 5.91 Å². The van der Waals surface area contributed by atoms with E-state index in [2.05, 4.69) is 31.3 Å². The second-order valence-electron chi connectivity index (χ2n) is 17.8. The maximum absolute atomic E-state index is 13.1. The predicted octanol–water partition coefficient (Wildman–Crippen LogP) is 10.0. The first-order valence-electron chi connectivity index (χ1n) is 25.2.